The normalized spacial score (nSPS) is 17.3. The highest BCUT2D eigenvalue weighted by Crippen LogP contribution is 2.30. The summed E-state index contributed by atoms with van der Waals surface area (Å²) in [5.74, 6) is -0.861. The van der Waals surface area contributed by atoms with E-state index in [4.69, 9.17) is 16.0 Å². The number of benzene rings is 1. The highest BCUT2D eigenvalue weighted by atomic mass is 35.5. The van der Waals surface area contributed by atoms with E-state index in [-0.39, 0.29) is 25.3 Å². The number of urea groups is 1. The van der Waals surface area contributed by atoms with Crippen molar-refractivity contribution >= 4 is 29.4 Å². The molecule has 0 spiro atoms. The number of imide groups is 2. The van der Waals surface area contributed by atoms with Crippen molar-refractivity contribution in [3.05, 3.63) is 35.2 Å². The van der Waals surface area contributed by atoms with Gasteiger partial charge in [-0.15, -0.1) is 10.2 Å². The van der Waals surface area contributed by atoms with Gasteiger partial charge in [0.25, 0.3) is 0 Å². The topological polar surface area (TPSA) is 99.9 Å². The molecule has 1 aliphatic carbocycles. The summed E-state index contributed by atoms with van der Waals surface area (Å²) in [6.07, 6.45) is 1.88. The van der Waals surface area contributed by atoms with Gasteiger partial charge in [-0.2, -0.15) is 0 Å². The van der Waals surface area contributed by atoms with Crippen LogP contribution in [-0.2, 0) is 16.1 Å². The molecule has 1 saturated heterocycles. The van der Waals surface area contributed by atoms with Crippen LogP contribution in [0.5, 0.6) is 0 Å². The van der Waals surface area contributed by atoms with Crippen LogP contribution in [-0.4, -0.2) is 61.5 Å². The Hall–Kier alpha value is -2.78. The minimum Gasteiger partial charge on any atom is -0.419 e. The predicted molar refractivity (Wildman–Crippen MR) is 102 cm³/mol. The molecule has 2 fully saturated rings. The van der Waals surface area contributed by atoms with Crippen molar-refractivity contribution in [1.29, 1.82) is 0 Å². The van der Waals surface area contributed by atoms with Crippen molar-refractivity contribution in [2.45, 2.75) is 45.3 Å². The first kappa shape index (κ1) is 19.5. The van der Waals surface area contributed by atoms with Gasteiger partial charge >= 0.3 is 17.8 Å². The van der Waals surface area contributed by atoms with E-state index < -0.39 is 17.8 Å². The van der Waals surface area contributed by atoms with Gasteiger partial charge in [0.15, 0.2) is 0 Å². The smallest absolute Gasteiger partial charge is 0.335 e. The lowest BCUT2D eigenvalue weighted by Gasteiger charge is -2.25. The van der Waals surface area contributed by atoms with Gasteiger partial charge in [-0.25, -0.2) is 9.69 Å². The zero-order valence-electron chi connectivity index (χ0n) is 16.0. The van der Waals surface area contributed by atoms with Crippen molar-refractivity contribution in [2.24, 2.45) is 0 Å². The van der Waals surface area contributed by atoms with Crippen molar-refractivity contribution in [3.8, 4) is 11.5 Å². The third-order valence-electron chi connectivity index (χ3n) is 4.88. The Bertz CT molecular complexity index is 954. The second-order valence-corrected chi connectivity index (χ2v) is 7.85. The second kappa shape index (κ2) is 7.57. The fourth-order valence-corrected chi connectivity index (χ4v) is 3.34. The van der Waals surface area contributed by atoms with Crippen LogP contribution in [0.3, 0.4) is 0 Å². The highest BCUT2D eigenvalue weighted by molar-refractivity contribution is 6.44. The van der Waals surface area contributed by atoms with Gasteiger partial charge in [-0.05, 0) is 51.0 Å². The maximum atomic E-state index is 12.5. The molecule has 0 radical (unpaired) electrons. The van der Waals surface area contributed by atoms with Gasteiger partial charge in [0.1, 0.15) is 0 Å². The van der Waals surface area contributed by atoms with Gasteiger partial charge in [-0.1, -0.05) is 11.6 Å². The number of halogens is 1. The molecule has 0 atom stereocenters. The van der Waals surface area contributed by atoms with Gasteiger partial charge in [-0.3, -0.25) is 19.4 Å². The minimum atomic E-state index is -0.804. The largest absolute Gasteiger partial charge is 0.419 e. The molecule has 0 unspecified atom stereocenters. The summed E-state index contributed by atoms with van der Waals surface area (Å²) in [5, 5.41) is 8.75. The summed E-state index contributed by atoms with van der Waals surface area (Å²) in [6.45, 7) is 3.68. The number of nitrogens with zero attached hydrogens (tertiary/aromatic N) is 5. The van der Waals surface area contributed by atoms with Gasteiger partial charge in [0.05, 0.1) is 13.2 Å². The minimum absolute atomic E-state index is 0.00987. The summed E-state index contributed by atoms with van der Waals surface area (Å²) in [4.78, 5) is 40.8. The Kier molecular flexibility index (Phi) is 5.10. The summed E-state index contributed by atoms with van der Waals surface area (Å²) in [6, 6.07) is 6.27. The SMILES string of the molecule is CC(C)N1C(=O)C(=O)N(CN(Cc2nnc(-c3ccc(Cl)cc3)o2)C2CC2)C1=O. The Morgan fingerprint density at radius 3 is 2.41 bits per heavy atom. The van der Waals surface area contributed by atoms with E-state index >= 15 is 0 Å². The van der Waals surface area contributed by atoms with Crippen LogP contribution in [0.2, 0.25) is 5.02 Å². The fraction of sp³-hybridized carbons (Fsp3) is 0.421. The molecule has 4 amide bonds. The Labute approximate surface area is 172 Å². The molecule has 1 saturated carbocycles. The number of carbonyl (C=O) groups is 3. The summed E-state index contributed by atoms with van der Waals surface area (Å²) in [5.41, 5.74) is 0.745. The molecule has 2 aromatic rings. The van der Waals surface area contributed by atoms with E-state index in [1.54, 1.807) is 38.1 Å². The lowest BCUT2D eigenvalue weighted by Crippen LogP contribution is -2.43. The van der Waals surface area contributed by atoms with E-state index in [0.717, 1.165) is 28.2 Å². The van der Waals surface area contributed by atoms with Crippen LogP contribution in [0.4, 0.5) is 4.79 Å². The van der Waals surface area contributed by atoms with E-state index in [1.807, 2.05) is 4.90 Å². The predicted octanol–water partition coefficient (Wildman–Crippen LogP) is 2.51. The van der Waals surface area contributed by atoms with Crippen molar-refractivity contribution in [1.82, 2.24) is 24.9 Å². The van der Waals surface area contributed by atoms with Gasteiger partial charge in [0.2, 0.25) is 11.8 Å². The molecular formula is C19H20ClN5O4. The highest BCUT2D eigenvalue weighted by Gasteiger charge is 2.47. The second-order valence-electron chi connectivity index (χ2n) is 7.41. The van der Waals surface area contributed by atoms with E-state index in [1.165, 1.54) is 0 Å². The lowest BCUT2D eigenvalue weighted by molar-refractivity contribution is -0.144. The Morgan fingerprint density at radius 2 is 1.83 bits per heavy atom. The molecule has 1 aromatic carbocycles. The fourth-order valence-electron chi connectivity index (χ4n) is 3.22. The monoisotopic (exact) mass is 417 g/mol. The first-order valence-electron chi connectivity index (χ1n) is 9.36. The maximum absolute atomic E-state index is 12.5. The molecule has 1 aromatic heterocycles. The average molecular weight is 418 g/mol. The summed E-state index contributed by atoms with van der Waals surface area (Å²) in [7, 11) is 0. The van der Waals surface area contributed by atoms with Crippen LogP contribution in [0.15, 0.2) is 28.7 Å². The van der Waals surface area contributed by atoms with Gasteiger partial charge < -0.3 is 4.42 Å². The molecule has 0 N–H and O–H groups in total. The quantitative estimate of drug-likeness (QED) is 0.504. The number of carbonyl (C=O) groups excluding carboxylic acids is 3. The molecule has 1 aliphatic heterocycles. The molecule has 2 heterocycles. The number of rotatable bonds is 7. The van der Waals surface area contributed by atoms with E-state index in [2.05, 4.69) is 10.2 Å². The molecule has 0 bridgehead atoms. The first-order chi connectivity index (χ1) is 13.8. The standard InChI is InChI=1S/C19H20ClN5O4/c1-11(2)25-18(27)17(26)24(19(25)28)10-23(14-7-8-14)9-15-21-22-16(29-15)12-3-5-13(20)6-4-12/h3-6,11,14H,7-10H2,1-2H3. The van der Waals surface area contributed by atoms with Crippen molar-refractivity contribution in [3.63, 3.8) is 0 Å². The number of hydrogen-bond acceptors (Lipinski definition) is 7. The van der Waals surface area contributed by atoms with Crippen LogP contribution in [0, 0.1) is 0 Å². The maximum Gasteiger partial charge on any atom is 0.335 e. The summed E-state index contributed by atoms with van der Waals surface area (Å²) < 4.78 is 5.74. The molecule has 29 heavy (non-hydrogen) atoms. The zero-order chi connectivity index (χ0) is 20.7. The van der Waals surface area contributed by atoms with Crippen LogP contribution >= 0.6 is 11.6 Å². The third-order valence-corrected chi connectivity index (χ3v) is 5.13. The van der Waals surface area contributed by atoms with Crippen molar-refractivity contribution < 1.29 is 18.8 Å². The van der Waals surface area contributed by atoms with Crippen LogP contribution in [0.1, 0.15) is 32.6 Å². The van der Waals surface area contributed by atoms with E-state index in [0.29, 0.717) is 16.8 Å². The Balaban J connectivity index is 1.48. The van der Waals surface area contributed by atoms with E-state index in [9.17, 15) is 14.4 Å². The first-order valence-corrected chi connectivity index (χ1v) is 9.74. The number of aromatic nitrogens is 2. The zero-order valence-corrected chi connectivity index (χ0v) is 16.8. The molecule has 4 rings (SSSR count). The van der Waals surface area contributed by atoms with Crippen molar-refractivity contribution in [2.75, 3.05) is 6.67 Å². The molecule has 9 nitrogen and oxygen atoms in total. The Morgan fingerprint density at radius 1 is 1.14 bits per heavy atom. The van der Waals surface area contributed by atoms with Gasteiger partial charge in [0, 0.05) is 22.7 Å². The molecular weight excluding hydrogens is 398 g/mol. The molecule has 152 valence electrons. The molecule has 10 heteroatoms. The lowest BCUT2D eigenvalue weighted by atomic mass is 10.2. The molecule has 2 aliphatic rings. The third kappa shape index (κ3) is 3.88. The number of amides is 4. The average Bonchev–Trinajstić information content (AvgIpc) is 3.39. The van der Waals surface area contributed by atoms with Crippen LogP contribution in [0.25, 0.3) is 11.5 Å². The number of hydrogen-bond donors (Lipinski definition) is 0. The van der Waals surface area contributed by atoms with Crippen LogP contribution < -0.4 is 0 Å². The summed E-state index contributed by atoms with van der Waals surface area (Å²) >= 11 is 5.90.